The van der Waals surface area contributed by atoms with E-state index < -0.39 is 30.9 Å². The first-order valence-corrected chi connectivity index (χ1v) is 6.73. The summed E-state index contributed by atoms with van der Waals surface area (Å²) in [6.07, 6.45) is 0. The topological polar surface area (TPSA) is 77.2 Å². The molecule has 0 aliphatic heterocycles. The summed E-state index contributed by atoms with van der Waals surface area (Å²) in [4.78, 5) is 14.8. The summed E-state index contributed by atoms with van der Waals surface area (Å²) < 4.78 is 58.0. The molecule has 0 bridgehead atoms. The van der Waals surface area contributed by atoms with Gasteiger partial charge in [0.15, 0.2) is 0 Å². The molecule has 1 heterocycles. The molecule has 0 fully saturated rings. The summed E-state index contributed by atoms with van der Waals surface area (Å²) in [6, 6.07) is 6.31. The Kier molecular flexibility index (Phi) is 5.50. The SMILES string of the molecule is CC(F)(F)c1nc(-c2ccc(CNC(=O)COC(F)F)cc2)no1. The van der Waals surface area contributed by atoms with Crippen molar-refractivity contribution in [2.45, 2.75) is 26.0 Å². The summed E-state index contributed by atoms with van der Waals surface area (Å²) in [6.45, 7) is -3.01. The standard InChI is InChI=1S/C14H13F4N3O3/c1-14(17,18)12-20-11(21-24-12)9-4-2-8(3-5-9)6-19-10(22)7-23-13(15)16/h2-5,13H,6-7H2,1H3,(H,19,22). The molecule has 0 saturated heterocycles. The van der Waals surface area contributed by atoms with Gasteiger partial charge in [-0.25, -0.2) is 0 Å². The predicted molar refractivity (Wildman–Crippen MR) is 73.1 cm³/mol. The Bertz CT molecular complexity index is 683. The lowest BCUT2D eigenvalue weighted by atomic mass is 10.1. The first kappa shape index (κ1) is 17.9. The molecule has 1 aromatic heterocycles. The highest BCUT2D eigenvalue weighted by Gasteiger charge is 2.32. The van der Waals surface area contributed by atoms with Crippen molar-refractivity contribution in [2.24, 2.45) is 0 Å². The van der Waals surface area contributed by atoms with E-state index >= 15 is 0 Å². The number of aromatic nitrogens is 2. The molecule has 0 aliphatic rings. The number of nitrogens with one attached hydrogen (secondary N) is 1. The Labute approximate surface area is 133 Å². The van der Waals surface area contributed by atoms with Gasteiger partial charge in [-0.15, -0.1) is 0 Å². The second-order valence-electron chi connectivity index (χ2n) is 4.86. The van der Waals surface area contributed by atoms with E-state index in [-0.39, 0.29) is 12.4 Å². The molecule has 0 aliphatic carbocycles. The van der Waals surface area contributed by atoms with Gasteiger partial charge in [0.1, 0.15) is 6.61 Å². The summed E-state index contributed by atoms with van der Waals surface area (Å²) in [5.74, 6) is -4.69. The average Bonchev–Trinajstić information content (AvgIpc) is 3.01. The number of carbonyl (C=O) groups excluding carboxylic acids is 1. The third-order valence-corrected chi connectivity index (χ3v) is 2.84. The molecule has 0 radical (unpaired) electrons. The van der Waals surface area contributed by atoms with Gasteiger partial charge >= 0.3 is 12.5 Å². The fraction of sp³-hybridized carbons (Fsp3) is 0.357. The van der Waals surface area contributed by atoms with Crippen LogP contribution in [0.4, 0.5) is 17.6 Å². The smallest absolute Gasteiger partial charge is 0.345 e. The number of carbonyl (C=O) groups is 1. The van der Waals surface area contributed by atoms with Gasteiger partial charge in [0.05, 0.1) is 0 Å². The van der Waals surface area contributed by atoms with Gasteiger partial charge in [0, 0.05) is 19.0 Å². The zero-order valence-corrected chi connectivity index (χ0v) is 12.4. The van der Waals surface area contributed by atoms with E-state index in [9.17, 15) is 22.4 Å². The van der Waals surface area contributed by atoms with Gasteiger partial charge in [-0.3, -0.25) is 4.79 Å². The highest BCUT2D eigenvalue weighted by Crippen LogP contribution is 2.27. The number of benzene rings is 1. The number of nitrogens with zero attached hydrogens (tertiary/aromatic N) is 2. The number of hydrogen-bond acceptors (Lipinski definition) is 5. The molecule has 1 amide bonds. The van der Waals surface area contributed by atoms with Crippen molar-refractivity contribution in [3.63, 3.8) is 0 Å². The third-order valence-electron chi connectivity index (χ3n) is 2.84. The summed E-state index contributed by atoms with van der Waals surface area (Å²) >= 11 is 0. The average molecular weight is 347 g/mol. The van der Waals surface area contributed by atoms with Crippen LogP contribution in [0.15, 0.2) is 28.8 Å². The zero-order valence-electron chi connectivity index (χ0n) is 12.4. The number of ether oxygens (including phenoxy) is 1. The van der Waals surface area contributed by atoms with Crippen LogP contribution in [0.1, 0.15) is 18.4 Å². The Morgan fingerprint density at radius 3 is 2.54 bits per heavy atom. The van der Waals surface area contributed by atoms with E-state index in [1.807, 2.05) is 0 Å². The fourth-order valence-electron chi connectivity index (χ4n) is 1.68. The minimum absolute atomic E-state index is 0.00689. The van der Waals surface area contributed by atoms with E-state index in [0.29, 0.717) is 18.1 Å². The molecular weight excluding hydrogens is 334 g/mol. The van der Waals surface area contributed by atoms with E-state index in [0.717, 1.165) is 0 Å². The number of amides is 1. The molecule has 10 heteroatoms. The van der Waals surface area contributed by atoms with Crippen LogP contribution >= 0.6 is 0 Å². The van der Waals surface area contributed by atoms with E-state index in [4.69, 9.17) is 0 Å². The highest BCUT2D eigenvalue weighted by molar-refractivity contribution is 5.77. The van der Waals surface area contributed by atoms with Crippen LogP contribution < -0.4 is 5.32 Å². The minimum Gasteiger partial charge on any atom is -0.350 e. The zero-order chi connectivity index (χ0) is 17.7. The van der Waals surface area contributed by atoms with E-state index in [2.05, 4.69) is 24.7 Å². The summed E-state index contributed by atoms with van der Waals surface area (Å²) in [5, 5.41) is 5.87. The third kappa shape index (κ3) is 5.01. The van der Waals surface area contributed by atoms with Gasteiger partial charge in [-0.05, 0) is 5.56 Å². The monoisotopic (exact) mass is 347 g/mol. The predicted octanol–water partition coefficient (Wildman–Crippen LogP) is 2.70. The van der Waals surface area contributed by atoms with Gasteiger partial charge in [0.25, 0.3) is 5.89 Å². The van der Waals surface area contributed by atoms with Gasteiger partial charge in [-0.1, -0.05) is 29.4 Å². The largest absolute Gasteiger partial charge is 0.350 e. The number of halogens is 4. The number of rotatable bonds is 7. The molecule has 0 unspecified atom stereocenters. The molecule has 2 aromatic rings. The van der Waals surface area contributed by atoms with Crippen molar-refractivity contribution >= 4 is 5.91 Å². The maximum atomic E-state index is 13.0. The van der Waals surface area contributed by atoms with E-state index in [1.165, 1.54) is 0 Å². The van der Waals surface area contributed by atoms with Gasteiger partial charge in [0.2, 0.25) is 11.7 Å². The highest BCUT2D eigenvalue weighted by atomic mass is 19.3. The second-order valence-corrected chi connectivity index (χ2v) is 4.86. The second kappa shape index (κ2) is 7.39. The number of hydrogen-bond donors (Lipinski definition) is 1. The van der Waals surface area contributed by atoms with Crippen molar-refractivity contribution < 1.29 is 31.6 Å². The van der Waals surface area contributed by atoms with Crippen molar-refractivity contribution in [2.75, 3.05) is 6.61 Å². The molecule has 1 aromatic carbocycles. The van der Waals surface area contributed by atoms with Crippen LogP contribution in [0.5, 0.6) is 0 Å². The Morgan fingerprint density at radius 2 is 2.00 bits per heavy atom. The molecule has 24 heavy (non-hydrogen) atoms. The first-order chi connectivity index (χ1) is 11.3. The maximum Gasteiger partial charge on any atom is 0.345 e. The molecule has 0 atom stereocenters. The molecule has 6 nitrogen and oxygen atoms in total. The van der Waals surface area contributed by atoms with Crippen molar-refractivity contribution in [3.8, 4) is 11.4 Å². The molecule has 0 spiro atoms. The fourth-order valence-corrected chi connectivity index (χ4v) is 1.68. The van der Waals surface area contributed by atoms with Gasteiger partial charge in [-0.2, -0.15) is 22.5 Å². The normalized spacial score (nSPS) is 11.8. The Balaban J connectivity index is 1.93. The number of alkyl halides is 4. The van der Waals surface area contributed by atoms with Crippen LogP contribution in [-0.4, -0.2) is 29.3 Å². The Morgan fingerprint density at radius 1 is 1.33 bits per heavy atom. The molecule has 130 valence electrons. The molecule has 2 rings (SSSR count). The van der Waals surface area contributed by atoms with Gasteiger partial charge < -0.3 is 14.6 Å². The van der Waals surface area contributed by atoms with Crippen molar-refractivity contribution in [1.82, 2.24) is 15.5 Å². The lowest BCUT2D eigenvalue weighted by Gasteiger charge is -2.06. The van der Waals surface area contributed by atoms with Crippen LogP contribution in [-0.2, 0) is 22.0 Å². The Hall–Kier alpha value is -2.49. The quantitative estimate of drug-likeness (QED) is 0.779. The first-order valence-electron chi connectivity index (χ1n) is 6.73. The minimum atomic E-state index is -3.23. The van der Waals surface area contributed by atoms with Crippen LogP contribution in [0.25, 0.3) is 11.4 Å². The molecule has 0 saturated carbocycles. The van der Waals surface area contributed by atoms with Crippen LogP contribution in [0.3, 0.4) is 0 Å². The van der Waals surface area contributed by atoms with Crippen molar-refractivity contribution in [3.05, 3.63) is 35.7 Å². The lowest BCUT2D eigenvalue weighted by molar-refractivity contribution is -0.151. The lowest BCUT2D eigenvalue weighted by Crippen LogP contribution is -2.27. The van der Waals surface area contributed by atoms with Crippen molar-refractivity contribution in [1.29, 1.82) is 0 Å². The maximum absolute atomic E-state index is 13.0. The van der Waals surface area contributed by atoms with E-state index in [1.54, 1.807) is 24.3 Å². The summed E-state index contributed by atoms with van der Waals surface area (Å²) in [7, 11) is 0. The summed E-state index contributed by atoms with van der Waals surface area (Å²) in [5.41, 5.74) is 1.11. The molecular formula is C14H13F4N3O3. The van der Waals surface area contributed by atoms with Crippen LogP contribution in [0, 0.1) is 0 Å². The molecule has 1 N–H and O–H groups in total. The van der Waals surface area contributed by atoms with Crippen LogP contribution in [0.2, 0.25) is 0 Å².